The van der Waals surface area contributed by atoms with Gasteiger partial charge in [0.15, 0.2) is 0 Å². The lowest BCUT2D eigenvalue weighted by molar-refractivity contribution is -0.117. The molecule has 1 aliphatic heterocycles. The molecule has 6 heteroatoms. The molecule has 0 aromatic heterocycles. The third-order valence-electron chi connectivity index (χ3n) is 4.87. The number of aryl methyl sites for hydroxylation is 1. The molecule has 1 heterocycles. The maximum Gasteiger partial charge on any atom is 0.253 e. The van der Waals surface area contributed by atoms with Gasteiger partial charge in [-0.25, -0.2) is 0 Å². The van der Waals surface area contributed by atoms with E-state index in [2.05, 4.69) is 41.4 Å². The van der Waals surface area contributed by atoms with Gasteiger partial charge in [0, 0.05) is 49.4 Å². The lowest BCUT2D eigenvalue weighted by Crippen LogP contribution is -2.41. The van der Waals surface area contributed by atoms with Crippen LogP contribution in [0.4, 0.5) is 5.69 Å². The van der Waals surface area contributed by atoms with Crippen molar-refractivity contribution in [3.63, 3.8) is 0 Å². The van der Waals surface area contributed by atoms with Gasteiger partial charge in [0.2, 0.25) is 5.91 Å². The molecular formula is C22H27N3O2S. The SMILES string of the molecule is Cc1ccc(C2CSCCN2CC(=O)Nc2ccc(C(=O)N(C)C)cc2)cc1. The van der Waals surface area contributed by atoms with Crippen molar-refractivity contribution in [2.45, 2.75) is 13.0 Å². The van der Waals surface area contributed by atoms with Gasteiger partial charge in [-0.1, -0.05) is 29.8 Å². The third-order valence-corrected chi connectivity index (χ3v) is 5.89. The van der Waals surface area contributed by atoms with E-state index < -0.39 is 0 Å². The second kappa shape index (κ2) is 9.26. The van der Waals surface area contributed by atoms with Gasteiger partial charge in [0.1, 0.15) is 0 Å². The standard InChI is InChI=1S/C22H27N3O2S/c1-16-4-6-17(7-5-16)20-15-28-13-12-25(20)14-21(26)23-19-10-8-18(9-11-19)22(27)24(2)3/h4-11,20H,12-15H2,1-3H3,(H,23,26). The van der Waals surface area contributed by atoms with Crippen molar-refractivity contribution in [2.75, 3.05) is 44.0 Å². The van der Waals surface area contributed by atoms with E-state index in [0.717, 1.165) is 18.1 Å². The Kier molecular flexibility index (Phi) is 6.75. The molecule has 2 amide bonds. The molecule has 0 spiro atoms. The molecule has 1 N–H and O–H groups in total. The number of amides is 2. The highest BCUT2D eigenvalue weighted by Gasteiger charge is 2.26. The van der Waals surface area contributed by atoms with Crippen LogP contribution in [0.15, 0.2) is 48.5 Å². The van der Waals surface area contributed by atoms with E-state index in [4.69, 9.17) is 0 Å². The first kappa shape index (κ1) is 20.4. The van der Waals surface area contributed by atoms with E-state index in [1.165, 1.54) is 16.0 Å². The molecule has 28 heavy (non-hydrogen) atoms. The van der Waals surface area contributed by atoms with Gasteiger partial charge in [0.25, 0.3) is 5.91 Å². The fourth-order valence-corrected chi connectivity index (χ4v) is 4.42. The molecule has 1 aliphatic rings. The van der Waals surface area contributed by atoms with Crippen LogP contribution in [0, 0.1) is 6.92 Å². The first-order valence-electron chi connectivity index (χ1n) is 9.44. The van der Waals surface area contributed by atoms with Crippen LogP contribution in [0.5, 0.6) is 0 Å². The Bertz CT molecular complexity index is 819. The molecule has 3 rings (SSSR count). The van der Waals surface area contributed by atoms with Crippen molar-refractivity contribution in [2.24, 2.45) is 0 Å². The van der Waals surface area contributed by atoms with Crippen LogP contribution < -0.4 is 5.32 Å². The molecule has 1 unspecified atom stereocenters. The van der Waals surface area contributed by atoms with Crippen molar-refractivity contribution in [3.8, 4) is 0 Å². The summed E-state index contributed by atoms with van der Waals surface area (Å²) in [6, 6.07) is 15.9. The van der Waals surface area contributed by atoms with Crippen LogP contribution in [-0.2, 0) is 4.79 Å². The number of benzene rings is 2. The summed E-state index contributed by atoms with van der Waals surface area (Å²) in [5.41, 5.74) is 3.82. The molecule has 148 valence electrons. The highest BCUT2D eigenvalue weighted by atomic mass is 32.2. The monoisotopic (exact) mass is 397 g/mol. The van der Waals surface area contributed by atoms with Crippen molar-refractivity contribution in [3.05, 3.63) is 65.2 Å². The number of carbonyl (C=O) groups excluding carboxylic acids is 2. The molecule has 2 aromatic carbocycles. The summed E-state index contributed by atoms with van der Waals surface area (Å²) < 4.78 is 0. The lowest BCUT2D eigenvalue weighted by atomic mass is 10.0. The molecular weight excluding hydrogens is 370 g/mol. The molecule has 2 aromatic rings. The van der Waals surface area contributed by atoms with Crippen LogP contribution in [0.1, 0.15) is 27.5 Å². The summed E-state index contributed by atoms with van der Waals surface area (Å²) >= 11 is 1.93. The van der Waals surface area contributed by atoms with Crippen molar-refractivity contribution in [1.82, 2.24) is 9.80 Å². The predicted molar refractivity (Wildman–Crippen MR) is 116 cm³/mol. The van der Waals surface area contributed by atoms with E-state index in [-0.39, 0.29) is 17.9 Å². The minimum Gasteiger partial charge on any atom is -0.345 e. The predicted octanol–water partition coefficient (Wildman–Crippen LogP) is 3.43. The van der Waals surface area contributed by atoms with Crippen molar-refractivity contribution >= 4 is 29.3 Å². The molecule has 0 bridgehead atoms. The van der Waals surface area contributed by atoms with Crippen LogP contribution in [0.2, 0.25) is 0 Å². The number of carbonyl (C=O) groups is 2. The highest BCUT2D eigenvalue weighted by molar-refractivity contribution is 7.99. The smallest absolute Gasteiger partial charge is 0.253 e. The zero-order valence-corrected chi connectivity index (χ0v) is 17.5. The van der Waals surface area contributed by atoms with Gasteiger partial charge in [0.05, 0.1) is 6.54 Å². The summed E-state index contributed by atoms with van der Waals surface area (Å²) in [5, 5.41) is 2.95. The topological polar surface area (TPSA) is 52.7 Å². The van der Waals surface area contributed by atoms with Gasteiger partial charge in [-0.2, -0.15) is 11.8 Å². The van der Waals surface area contributed by atoms with Crippen LogP contribution in [0.25, 0.3) is 0 Å². The molecule has 1 atom stereocenters. The maximum absolute atomic E-state index is 12.6. The average Bonchev–Trinajstić information content (AvgIpc) is 2.69. The Hall–Kier alpha value is -2.31. The average molecular weight is 398 g/mol. The summed E-state index contributed by atoms with van der Waals surface area (Å²) in [4.78, 5) is 28.4. The van der Waals surface area contributed by atoms with Gasteiger partial charge >= 0.3 is 0 Å². The molecule has 0 saturated carbocycles. The second-order valence-corrected chi connectivity index (χ2v) is 8.45. The van der Waals surface area contributed by atoms with Crippen molar-refractivity contribution < 1.29 is 9.59 Å². The fourth-order valence-electron chi connectivity index (χ4n) is 3.26. The van der Waals surface area contributed by atoms with Crippen LogP contribution in [0.3, 0.4) is 0 Å². The Labute approximate surface area is 171 Å². The van der Waals surface area contributed by atoms with Gasteiger partial charge in [-0.05, 0) is 36.8 Å². The number of hydrogen-bond acceptors (Lipinski definition) is 4. The van der Waals surface area contributed by atoms with Crippen molar-refractivity contribution in [1.29, 1.82) is 0 Å². The number of rotatable bonds is 5. The Morgan fingerprint density at radius 1 is 1.11 bits per heavy atom. The summed E-state index contributed by atoms with van der Waals surface area (Å²) in [6.07, 6.45) is 0. The zero-order chi connectivity index (χ0) is 20.1. The lowest BCUT2D eigenvalue weighted by Gasteiger charge is -2.35. The Morgan fingerprint density at radius 3 is 2.43 bits per heavy atom. The van der Waals surface area contributed by atoms with E-state index >= 15 is 0 Å². The fraction of sp³-hybridized carbons (Fsp3) is 0.364. The first-order valence-corrected chi connectivity index (χ1v) is 10.6. The largest absolute Gasteiger partial charge is 0.345 e. The van der Waals surface area contributed by atoms with Gasteiger partial charge in [-0.3, -0.25) is 14.5 Å². The Morgan fingerprint density at radius 2 is 1.79 bits per heavy atom. The number of nitrogens with zero attached hydrogens (tertiary/aromatic N) is 2. The summed E-state index contributed by atoms with van der Waals surface area (Å²) in [5.74, 6) is 1.95. The van der Waals surface area contributed by atoms with E-state index in [9.17, 15) is 9.59 Å². The zero-order valence-electron chi connectivity index (χ0n) is 16.6. The minimum absolute atomic E-state index is 0.0318. The first-order chi connectivity index (χ1) is 13.4. The number of anilines is 1. The normalized spacial score (nSPS) is 17.2. The summed E-state index contributed by atoms with van der Waals surface area (Å²) in [7, 11) is 3.44. The van der Waals surface area contributed by atoms with Gasteiger partial charge in [-0.15, -0.1) is 0 Å². The van der Waals surface area contributed by atoms with E-state index in [1.807, 2.05) is 11.8 Å². The summed E-state index contributed by atoms with van der Waals surface area (Å²) in [6.45, 7) is 3.34. The number of hydrogen-bond donors (Lipinski definition) is 1. The second-order valence-electron chi connectivity index (χ2n) is 7.30. The Balaban J connectivity index is 1.62. The minimum atomic E-state index is -0.0513. The van der Waals surface area contributed by atoms with Crippen LogP contribution in [-0.4, -0.2) is 60.3 Å². The molecule has 1 saturated heterocycles. The number of nitrogens with one attached hydrogen (secondary N) is 1. The third kappa shape index (κ3) is 5.14. The quantitative estimate of drug-likeness (QED) is 0.840. The molecule has 1 fully saturated rings. The van der Waals surface area contributed by atoms with Crippen LogP contribution >= 0.6 is 11.8 Å². The maximum atomic E-state index is 12.6. The molecule has 0 radical (unpaired) electrons. The van der Waals surface area contributed by atoms with Gasteiger partial charge < -0.3 is 10.2 Å². The highest BCUT2D eigenvalue weighted by Crippen LogP contribution is 2.29. The molecule has 0 aliphatic carbocycles. The van der Waals surface area contributed by atoms with E-state index in [1.54, 1.807) is 38.4 Å². The van der Waals surface area contributed by atoms with E-state index in [0.29, 0.717) is 17.8 Å². The number of thioether (sulfide) groups is 1. The molecule has 5 nitrogen and oxygen atoms in total.